The van der Waals surface area contributed by atoms with Crippen molar-refractivity contribution in [2.45, 2.75) is 39.2 Å². The molecule has 0 spiro atoms. The van der Waals surface area contributed by atoms with Crippen molar-refractivity contribution < 1.29 is 46.7 Å². The summed E-state index contributed by atoms with van der Waals surface area (Å²) >= 11 is 0. The largest absolute Gasteiger partial charge is 0.456 e. The highest BCUT2D eigenvalue weighted by Crippen LogP contribution is 2.28. The average molecular weight is 648 g/mol. The quantitative estimate of drug-likeness (QED) is 0.144. The predicted octanol–water partition coefficient (Wildman–Crippen LogP) is 3.68. The van der Waals surface area contributed by atoms with Gasteiger partial charge in [-0.3, -0.25) is 24.1 Å². The smallest absolute Gasteiger partial charge is 0.338 e. The van der Waals surface area contributed by atoms with E-state index in [9.17, 15) is 37.2 Å². The fraction of sp³-hybridized carbons (Fsp3) is 0.294. The highest BCUT2D eigenvalue weighted by atomic mass is 32.2. The summed E-state index contributed by atoms with van der Waals surface area (Å²) in [5.41, 5.74) is 2.22. The number of benzene rings is 3. The molecule has 1 heterocycles. The number of carbonyl (C=O) groups excluding carboxylic acids is 6. The van der Waals surface area contributed by atoms with Crippen molar-refractivity contribution in [1.29, 1.82) is 0 Å². The Balaban J connectivity index is 1.48. The van der Waals surface area contributed by atoms with Crippen molar-refractivity contribution in [2.75, 3.05) is 25.2 Å². The van der Waals surface area contributed by atoms with Crippen molar-refractivity contribution >= 4 is 45.2 Å². The lowest BCUT2D eigenvalue weighted by molar-refractivity contribution is -0.147. The molecule has 0 N–H and O–H groups in total. The molecular weight excluding hydrogens is 614 g/mol. The molecule has 240 valence electrons. The Hall–Kier alpha value is -4.97. The standard InChI is InChI=1S/C34H33NO10S/c1-4-21-6-10-23(11-7-21)29(36)19-44-33(40)25-14-15-26-27(18-25)32(39)35(31(26)38)28(16-17-46(3,42)43)34(41)45-20-30(37)24-12-8-22(5-2)9-13-24/h6-15,18,28H,4-5,16-17,19-20H2,1-3H3/t28-/m1/s1. The van der Waals surface area contributed by atoms with Crippen LogP contribution in [0.4, 0.5) is 0 Å². The van der Waals surface area contributed by atoms with Gasteiger partial charge >= 0.3 is 11.9 Å². The number of sulfone groups is 1. The number of imide groups is 1. The van der Waals surface area contributed by atoms with Crippen molar-refractivity contribution in [3.8, 4) is 0 Å². The van der Waals surface area contributed by atoms with Gasteiger partial charge in [0.2, 0.25) is 0 Å². The normalized spacial score (nSPS) is 13.2. The summed E-state index contributed by atoms with van der Waals surface area (Å²) in [6.45, 7) is 2.68. The molecule has 0 aliphatic carbocycles. The molecule has 1 aliphatic heterocycles. The van der Waals surface area contributed by atoms with E-state index in [2.05, 4.69) is 0 Å². The molecular formula is C34H33NO10S. The molecule has 46 heavy (non-hydrogen) atoms. The molecule has 0 fully saturated rings. The van der Waals surface area contributed by atoms with Crippen LogP contribution in [0, 0.1) is 0 Å². The van der Waals surface area contributed by atoms with Crippen molar-refractivity contribution in [2.24, 2.45) is 0 Å². The molecule has 0 aromatic heterocycles. The van der Waals surface area contributed by atoms with E-state index < -0.39 is 76.6 Å². The van der Waals surface area contributed by atoms with Gasteiger partial charge in [0.1, 0.15) is 15.9 Å². The van der Waals surface area contributed by atoms with Crippen LogP contribution in [0.3, 0.4) is 0 Å². The van der Waals surface area contributed by atoms with E-state index in [1.165, 1.54) is 12.1 Å². The summed E-state index contributed by atoms with van der Waals surface area (Å²) in [6.07, 6.45) is 2.03. The van der Waals surface area contributed by atoms with E-state index in [0.717, 1.165) is 36.3 Å². The minimum Gasteiger partial charge on any atom is -0.456 e. The van der Waals surface area contributed by atoms with Crippen LogP contribution in [0.1, 0.15) is 83.2 Å². The van der Waals surface area contributed by atoms with Crippen molar-refractivity contribution in [1.82, 2.24) is 4.90 Å². The van der Waals surface area contributed by atoms with Gasteiger partial charge in [-0.25, -0.2) is 18.0 Å². The first-order chi connectivity index (χ1) is 21.8. The number of esters is 2. The molecule has 1 aliphatic rings. The number of hydrogen-bond donors (Lipinski definition) is 0. The second kappa shape index (κ2) is 14.4. The van der Waals surface area contributed by atoms with Gasteiger partial charge < -0.3 is 9.47 Å². The maximum atomic E-state index is 13.5. The Labute approximate surface area is 266 Å². The Morgan fingerprint density at radius 2 is 1.17 bits per heavy atom. The van der Waals surface area contributed by atoms with Gasteiger partial charge in [0.25, 0.3) is 11.8 Å². The first-order valence-electron chi connectivity index (χ1n) is 14.6. The van der Waals surface area contributed by atoms with Gasteiger partial charge in [-0.05, 0) is 48.6 Å². The highest BCUT2D eigenvalue weighted by molar-refractivity contribution is 7.90. The average Bonchev–Trinajstić information content (AvgIpc) is 3.30. The van der Waals surface area contributed by atoms with Crippen LogP contribution >= 0.6 is 0 Å². The molecule has 4 rings (SSSR count). The Bertz CT molecular complexity index is 1790. The van der Waals surface area contributed by atoms with E-state index >= 15 is 0 Å². The maximum absolute atomic E-state index is 13.5. The number of ether oxygens (including phenoxy) is 2. The molecule has 11 nitrogen and oxygen atoms in total. The third-order valence-corrected chi connectivity index (χ3v) is 8.52. The first-order valence-corrected chi connectivity index (χ1v) is 16.7. The number of rotatable bonds is 14. The number of amides is 2. The van der Waals surface area contributed by atoms with E-state index in [-0.39, 0.29) is 22.3 Å². The van der Waals surface area contributed by atoms with Crippen molar-refractivity contribution in [3.63, 3.8) is 0 Å². The van der Waals surface area contributed by atoms with Gasteiger partial charge in [0.15, 0.2) is 24.8 Å². The molecule has 3 aromatic rings. The van der Waals surface area contributed by atoms with E-state index in [1.807, 2.05) is 13.8 Å². The summed E-state index contributed by atoms with van der Waals surface area (Å²) in [5, 5.41) is 0. The summed E-state index contributed by atoms with van der Waals surface area (Å²) in [5.74, 6) is -5.43. The van der Waals surface area contributed by atoms with Crippen molar-refractivity contribution in [3.05, 3.63) is 106 Å². The van der Waals surface area contributed by atoms with Crippen LogP contribution in [0.15, 0.2) is 66.7 Å². The van der Waals surface area contributed by atoms with Gasteiger partial charge in [0, 0.05) is 17.4 Å². The number of aryl methyl sites for hydroxylation is 2. The third kappa shape index (κ3) is 7.99. The summed E-state index contributed by atoms with van der Waals surface area (Å²) < 4.78 is 34.2. The second-order valence-electron chi connectivity index (χ2n) is 10.8. The summed E-state index contributed by atoms with van der Waals surface area (Å²) in [7, 11) is -3.63. The Morgan fingerprint density at radius 1 is 0.696 bits per heavy atom. The minimum absolute atomic E-state index is 0.120. The van der Waals surface area contributed by atoms with Gasteiger partial charge in [0.05, 0.1) is 22.4 Å². The molecule has 0 saturated heterocycles. The predicted molar refractivity (Wildman–Crippen MR) is 167 cm³/mol. The number of hydrogen-bond acceptors (Lipinski definition) is 10. The maximum Gasteiger partial charge on any atom is 0.338 e. The van der Waals surface area contributed by atoms with Crippen LogP contribution in [0.2, 0.25) is 0 Å². The van der Waals surface area contributed by atoms with Crippen LogP contribution in [0.25, 0.3) is 0 Å². The monoisotopic (exact) mass is 647 g/mol. The lowest BCUT2D eigenvalue weighted by Gasteiger charge is -2.24. The second-order valence-corrected chi connectivity index (χ2v) is 13.1. The zero-order valence-corrected chi connectivity index (χ0v) is 26.4. The summed E-state index contributed by atoms with van der Waals surface area (Å²) in [4.78, 5) is 78.4. The Morgan fingerprint density at radius 3 is 1.67 bits per heavy atom. The lowest BCUT2D eigenvalue weighted by Crippen LogP contribution is -2.46. The number of nitrogens with zero attached hydrogens (tertiary/aromatic N) is 1. The molecule has 0 bridgehead atoms. The Kier molecular flexibility index (Phi) is 10.6. The van der Waals surface area contributed by atoms with Crippen LogP contribution in [-0.4, -0.2) is 79.9 Å². The molecule has 0 saturated carbocycles. The van der Waals surface area contributed by atoms with Crippen LogP contribution in [0.5, 0.6) is 0 Å². The van der Waals surface area contributed by atoms with Gasteiger partial charge in [-0.2, -0.15) is 0 Å². The fourth-order valence-electron chi connectivity index (χ4n) is 4.81. The topological polar surface area (TPSA) is 158 Å². The SMILES string of the molecule is CCc1ccc(C(=O)COC(=O)c2ccc3c(c2)C(=O)N([C@H](CCS(C)(=O)=O)C(=O)OCC(=O)c2ccc(CC)cc2)C3=O)cc1. The van der Waals surface area contributed by atoms with Gasteiger partial charge in [-0.1, -0.05) is 62.4 Å². The first kappa shape index (κ1) is 33.9. The lowest BCUT2D eigenvalue weighted by atomic mass is 10.1. The van der Waals surface area contributed by atoms with E-state index in [4.69, 9.17) is 9.47 Å². The molecule has 1 atom stereocenters. The van der Waals surface area contributed by atoms with Crippen LogP contribution in [-0.2, 0) is 36.9 Å². The molecule has 3 aromatic carbocycles. The van der Waals surface area contributed by atoms with E-state index in [1.54, 1.807) is 48.5 Å². The highest BCUT2D eigenvalue weighted by Gasteiger charge is 2.44. The number of fused-ring (bicyclic) bond motifs is 1. The number of ketones is 2. The van der Waals surface area contributed by atoms with E-state index in [0.29, 0.717) is 10.5 Å². The molecule has 0 radical (unpaired) electrons. The number of carbonyl (C=O) groups is 6. The van der Waals surface area contributed by atoms with Gasteiger partial charge in [-0.15, -0.1) is 0 Å². The number of Topliss-reactive ketones (excluding diaryl/α,β-unsaturated/α-hetero) is 2. The molecule has 12 heteroatoms. The summed E-state index contributed by atoms with van der Waals surface area (Å²) in [6, 6.07) is 15.4. The minimum atomic E-state index is -3.63. The zero-order valence-electron chi connectivity index (χ0n) is 25.6. The third-order valence-electron chi connectivity index (χ3n) is 7.55. The van der Waals surface area contributed by atoms with Crippen LogP contribution < -0.4 is 0 Å². The molecule has 0 unspecified atom stereocenters. The molecule has 2 amide bonds. The zero-order chi connectivity index (χ0) is 33.6. The fourth-order valence-corrected chi connectivity index (χ4v) is 5.47.